The van der Waals surface area contributed by atoms with E-state index in [1.165, 1.54) is 0 Å². The van der Waals surface area contributed by atoms with E-state index in [2.05, 4.69) is 33.1 Å². The molecule has 0 atom stereocenters. The van der Waals surface area contributed by atoms with Crippen LogP contribution in [0.25, 0.3) is 0 Å². The van der Waals surface area contributed by atoms with Crippen LogP contribution in [-0.2, 0) is 0 Å². The van der Waals surface area contributed by atoms with Gasteiger partial charge >= 0.3 is 0 Å². The van der Waals surface area contributed by atoms with Gasteiger partial charge in [-0.1, -0.05) is 33.8 Å². The summed E-state index contributed by atoms with van der Waals surface area (Å²) in [7, 11) is 0. The fraction of sp³-hybridized carbons (Fsp3) is 0.167. The smallest absolute Gasteiger partial charge is 0.252 e. The lowest BCUT2D eigenvalue weighted by Gasteiger charge is -2.03. The minimum absolute atomic E-state index is 0.165. The summed E-state index contributed by atoms with van der Waals surface area (Å²) in [6.07, 6.45) is 0. The van der Waals surface area contributed by atoms with E-state index in [0.717, 1.165) is 4.47 Å². The van der Waals surface area contributed by atoms with Crippen molar-refractivity contribution in [2.45, 2.75) is 0 Å². The molecule has 1 N–H and O–H groups in total. The number of amides is 1. The summed E-state index contributed by atoms with van der Waals surface area (Å²) in [5, 5.41) is 2.73. The van der Waals surface area contributed by atoms with Crippen molar-refractivity contribution in [1.82, 2.24) is 5.32 Å². The zero-order valence-electron chi connectivity index (χ0n) is 12.7. The van der Waals surface area contributed by atoms with Crippen LogP contribution in [0.1, 0.15) is 10.4 Å². The van der Waals surface area contributed by atoms with Crippen LogP contribution in [-0.4, -0.2) is 25.9 Å². The van der Waals surface area contributed by atoms with Crippen molar-refractivity contribution in [1.29, 1.82) is 0 Å². The number of ether oxygens (including phenoxy) is 3. The Balaban J connectivity index is 1.43. The van der Waals surface area contributed by atoms with Gasteiger partial charge in [-0.25, -0.2) is 0 Å². The maximum Gasteiger partial charge on any atom is 0.252 e. The minimum Gasteiger partial charge on any atom is -0.481 e. The molecule has 122 valence electrons. The first-order valence-corrected chi connectivity index (χ1v) is 8.03. The molecule has 0 unspecified atom stereocenters. The van der Waals surface area contributed by atoms with Gasteiger partial charge in [0.1, 0.15) is 12.4 Å². The molecule has 0 saturated carbocycles. The number of carbonyl (C=O) groups is 1. The third-order valence-electron chi connectivity index (χ3n) is 3.20. The minimum atomic E-state index is -0.165. The summed E-state index contributed by atoms with van der Waals surface area (Å²) in [6.45, 7) is 0.721. The third-order valence-corrected chi connectivity index (χ3v) is 3.70. The Kier molecular flexibility index (Phi) is 5.24. The first-order chi connectivity index (χ1) is 11.7. The van der Waals surface area contributed by atoms with E-state index in [1.807, 2.05) is 12.1 Å². The molecular weight excluding hydrogens is 374 g/mol. The average Bonchev–Trinajstić information content (AvgIpc) is 3.05. The molecular formula is C18H14BrNO4. The number of benzene rings is 2. The molecule has 0 aliphatic carbocycles. The lowest BCUT2D eigenvalue weighted by molar-refractivity contribution is 0.0958. The van der Waals surface area contributed by atoms with Gasteiger partial charge in [0.2, 0.25) is 6.79 Å². The van der Waals surface area contributed by atoms with Gasteiger partial charge in [-0.05, 0) is 30.3 Å². The van der Waals surface area contributed by atoms with Crippen molar-refractivity contribution >= 4 is 21.8 Å². The molecule has 24 heavy (non-hydrogen) atoms. The number of fused-ring (bicyclic) bond motifs is 1. The highest BCUT2D eigenvalue weighted by atomic mass is 79.9. The van der Waals surface area contributed by atoms with Crippen LogP contribution in [0.5, 0.6) is 17.2 Å². The second-order valence-electron chi connectivity index (χ2n) is 4.85. The molecule has 0 fully saturated rings. The number of halogens is 1. The predicted molar refractivity (Wildman–Crippen MR) is 92.3 cm³/mol. The largest absolute Gasteiger partial charge is 0.481 e. The van der Waals surface area contributed by atoms with Crippen molar-refractivity contribution in [3.63, 3.8) is 0 Å². The van der Waals surface area contributed by atoms with Crippen molar-refractivity contribution in [3.8, 4) is 29.1 Å². The number of nitrogens with one attached hydrogen (secondary N) is 1. The summed E-state index contributed by atoms with van der Waals surface area (Å²) in [5.41, 5.74) is 0.586. The maximum absolute atomic E-state index is 11.9. The second kappa shape index (κ2) is 7.75. The maximum atomic E-state index is 11.9. The van der Waals surface area contributed by atoms with Crippen LogP contribution in [0.3, 0.4) is 0 Å². The highest BCUT2D eigenvalue weighted by Gasteiger charge is 2.13. The van der Waals surface area contributed by atoms with Crippen LogP contribution in [0.15, 0.2) is 46.9 Å². The zero-order valence-corrected chi connectivity index (χ0v) is 14.3. The number of carbonyl (C=O) groups excluding carboxylic acids is 1. The van der Waals surface area contributed by atoms with E-state index >= 15 is 0 Å². The van der Waals surface area contributed by atoms with Gasteiger partial charge in [-0.3, -0.25) is 4.79 Å². The SMILES string of the molecule is O=C(NCC#CCOc1ccc2c(c1)OCO2)c1cccc(Br)c1. The molecule has 0 aromatic heterocycles. The summed E-state index contributed by atoms with van der Waals surface area (Å²) in [5.74, 6) is 7.57. The van der Waals surface area contributed by atoms with Gasteiger partial charge in [0.15, 0.2) is 11.5 Å². The van der Waals surface area contributed by atoms with Crippen LogP contribution in [0.4, 0.5) is 0 Å². The van der Waals surface area contributed by atoms with Crippen LogP contribution < -0.4 is 19.5 Å². The van der Waals surface area contributed by atoms with Crippen LogP contribution in [0.2, 0.25) is 0 Å². The molecule has 0 spiro atoms. The number of rotatable bonds is 4. The van der Waals surface area contributed by atoms with Gasteiger partial charge in [0.25, 0.3) is 5.91 Å². The Morgan fingerprint density at radius 2 is 2.04 bits per heavy atom. The molecule has 1 aliphatic rings. The second-order valence-corrected chi connectivity index (χ2v) is 5.77. The molecule has 1 amide bonds. The molecule has 1 heterocycles. The van der Waals surface area contributed by atoms with E-state index < -0.39 is 0 Å². The molecule has 3 rings (SSSR count). The predicted octanol–water partition coefficient (Wildman–Crippen LogP) is 2.99. The average molecular weight is 388 g/mol. The Bertz CT molecular complexity index is 810. The molecule has 5 nitrogen and oxygen atoms in total. The summed E-state index contributed by atoms with van der Waals surface area (Å²) in [6, 6.07) is 12.5. The van der Waals surface area contributed by atoms with Crippen molar-refractivity contribution in [2.24, 2.45) is 0 Å². The van der Waals surface area contributed by atoms with Gasteiger partial charge in [-0.15, -0.1) is 0 Å². The highest BCUT2D eigenvalue weighted by Crippen LogP contribution is 2.34. The third kappa shape index (κ3) is 4.21. The van der Waals surface area contributed by atoms with Gasteiger partial charge in [0, 0.05) is 16.1 Å². The molecule has 6 heteroatoms. The van der Waals surface area contributed by atoms with E-state index in [9.17, 15) is 4.79 Å². The van der Waals surface area contributed by atoms with Gasteiger partial charge in [-0.2, -0.15) is 0 Å². The topological polar surface area (TPSA) is 56.8 Å². The standard InChI is InChI=1S/C18H14BrNO4/c19-14-5-3-4-13(10-14)18(21)20-8-1-2-9-22-15-6-7-16-17(11-15)24-12-23-16/h3-7,10-11H,8-9,12H2,(H,20,21). The summed E-state index contributed by atoms with van der Waals surface area (Å²) >= 11 is 3.33. The molecule has 0 radical (unpaired) electrons. The summed E-state index contributed by atoms with van der Waals surface area (Å²) < 4.78 is 16.9. The highest BCUT2D eigenvalue weighted by molar-refractivity contribution is 9.10. The quantitative estimate of drug-likeness (QED) is 0.819. The van der Waals surface area contributed by atoms with Crippen molar-refractivity contribution in [3.05, 3.63) is 52.5 Å². The first kappa shape index (κ1) is 16.2. The fourth-order valence-electron chi connectivity index (χ4n) is 2.06. The van der Waals surface area contributed by atoms with E-state index in [0.29, 0.717) is 22.8 Å². The molecule has 2 aromatic rings. The van der Waals surface area contributed by atoms with Crippen LogP contribution in [0, 0.1) is 11.8 Å². The fourth-order valence-corrected chi connectivity index (χ4v) is 2.46. The monoisotopic (exact) mass is 387 g/mol. The van der Waals surface area contributed by atoms with Crippen molar-refractivity contribution in [2.75, 3.05) is 19.9 Å². The first-order valence-electron chi connectivity index (χ1n) is 7.24. The Hall–Kier alpha value is -2.65. The summed E-state index contributed by atoms with van der Waals surface area (Å²) in [4.78, 5) is 11.9. The molecule has 0 saturated heterocycles. The Morgan fingerprint density at radius 3 is 2.92 bits per heavy atom. The number of hydrogen-bond donors (Lipinski definition) is 1. The van der Waals surface area contributed by atoms with E-state index in [4.69, 9.17) is 14.2 Å². The lowest BCUT2D eigenvalue weighted by Crippen LogP contribution is -2.23. The lowest BCUT2D eigenvalue weighted by atomic mass is 10.2. The van der Waals surface area contributed by atoms with Gasteiger partial charge in [0.05, 0.1) is 6.54 Å². The van der Waals surface area contributed by atoms with Crippen molar-refractivity contribution < 1.29 is 19.0 Å². The zero-order chi connectivity index (χ0) is 16.8. The Morgan fingerprint density at radius 1 is 1.17 bits per heavy atom. The molecule has 1 aliphatic heterocycles. The van der Waals surface area contributed by atoms with E-state index in [1.54, 1.807) is 30.3 Å². The van der Waals surface area contributed by atoms with Gasteiger partial charge < -0.3 is 19.5 Å². The molecule has 2 aromatic carbocycles. The number of hydrogen-bond acceptors (Lipinski definition) is 4. The normalized spacial score (nSPS) is 11.4. The Labute approximate surface area is 148 Å². The van der Waals surface area contributed by atoms with Crippen LogP contribution >= 0.6 is 15.9 Å². The molecule has 0 bridgehead atoms. The van der Waals surface area contributed by atoms with E-state index in [-0.39, 0.29) is 25.9 Å².